The summed E-state index contributed by atoms with van der Waals surface area (Å²) in [4.78, 5) is 10.8. The van der Waals surface area contributed by atoms with Crippen LogP contribution in [-0.2, 0) is 6.42 Å². The lowest BCUT2D eigenvalue weighted by molar-refractivity contribution is 0.403. The number of nitrogens with zero attached hydrogens (tertiary/aromatic N) is 4. The Morgan fingerprint density at radius 3 is 2.29 bits per heavy atom. The number of rotatable bonds is 8. The minimum absolute atomic E-state index is 0. The third-order valence-electron chi connectivity index (χ3n) is 3.90. The maximum Gasteiger partial charge on any atom is 0.175 e. The van der Waals surface area contributed by atoms with E-state index in [9.17, 15) is 0 Å². The highest BCUT2D eigenvalue weighted by atomic mass is 31.1. The zero-order valence-corrected chi connectivity index (χ0v) is 18.2. The van der Waals surface area contributed by atoms with Gasteiger partial charge in [0.2, 0.25) is 0 Å². The van der Waals surface area contributed by atoms with Crippen LogP contribution >= 0.6 is 7.95 Å². The molecule has 2 radical (unpaired) electrons. The Labute approximate surface area is 175 Å². The van der Waals surface area contributed by atoms with Gasteiger partial charge in [0.05, 0.1) is 5.69 Å². The maximum absolute atomic E-state index is 6.15. The molecule has 1 aromatic carbocycles. The minimum atomic E-state index is -0.697. The van der Waals surface area contributed by atoms with E-state index in [1.165, 1.54) is 5.56 Å². The van der Waals surface area contributed by atoms with Crippen molar-refractivity contribution in [1.29, 1.82) is 0 Å². The lowest BCUT2D eigenvalue weighted by atomic mass is 10.2. The molecule has 2 aromatic rings. The van der Waals surface area contributed by atoms with Crippen LogP contribution in [0.2, 0.25) is 0 Å². The number of anilines is 1. The third kappa shape index (κ3) is 10.0. The number of benzene rings is 1. The molecule has 1 atom stereocenters. The van der Waals surface area contributed by atoms with Crippen molar-refractivity contribution in [3.05, 3.63) is 54.2 Å². The van der Waals surface area contributed by atoms with Crippen LogP contribution in [0.15, 0.2) is 53.7 Å². The summed E-state index contributed by atoms with van der Waals surface area (Å²) in [5, 5.41) is 0. The summed E-state index contributed by atoms with van der Waals surface area (Å²) in [6.45, 7) is 8.08. The molecular weight excluding hydrogens is 362 g/mol. The van der Waals surface area contributed by atoms with Crippen molar-refractivity contribution in [1.82, 2.24) is 9.88 Å². The Hall–Kier alpha value is -1.71. The average molecular weight is 398 g/mol. The van der Waals surface area contributed by atoms with Crippen molar-refractivity contribution in [3.63, 3.8) is 0 Å². The molecule has 0 aliphatic rings. The summed E-state index contributed by atoms with van der Waals surface area (Å²) >= 11 is 0. The Morgan fingerprint density at radius 1 is 1.11 bits per heavy atom. The quantitative estimate of drug-likeness (QED) is 0.332. The fourth-order valence-electron chi connectivity index (χ4n) is 2.51. The van der Waals surface area contributed by atoms with Crippen LogP contribution in [0.5, 0.6) is 0 Å². The molecule has 0 aliphatic carbocycles. The van der Waals surface area contributed by atoms with E-state index in [0.29, 0.717) is 0 Å². The van der Waals surface area contributed by atoms with E-state index in [1.54, 1.807) is 12.4 Å². The third-order valence-corrected chi connectivity index (χ3v) is 5.08. The smallest absolute Gasteiger partial charge is 0.175 e. The van der Waals surface area contributed by atoms with Crippen LogP contribution in [0.3, 0.4) is 0 Å². The molecule has 0 saturated heterocycles. The van der Waals surface area contributed by atoms with Crippen molar-refractivity contribution < 1.29 is 0 Å². The monoisotopic (exact) mass is 398 g/mol. The second-order valence-corrected chi connectivity index (χ2v) is 8.06. The fraction of sp³-hybridized carbons (Fsp3) is 0.455. The molecule has 1 unspecified atom stereocenters. The summed E-state index contributed by atoms with van der Waals surface area (Å²) in [5.41, 5.74) is 2.43. The van der Waals surface area contributed by atoms with Crippen molar-refractivity contribution in [2.75, 3.05) is 38.5 Å². The van der Waals surface area contributed by atoms with Crippen molar-refractivity contribution >= 4 is 33.2 Å². The van der Waals surface area contributed by atoms with Crippen molar-refractivity contribution in [3.8, 4) is 0 Å². The topological polar surface area (TPSA) is 31.7 Å². The van der Waals surface area contributed by atoms with Gasteiger partial charge >= 0.3 is 0 Å². The number of pyridine rings is 1. The summed E-state index contributed by atoms with van der Waals surface area (Å²) in [5.74, 6) is 0.745. The van der Waals surface area contributed by atoms with E-state index in [-0.39, 0.29) is 7.43 Å². The van der Waals surface area contributed by atoms with Gasteiger partial charge in [-0.05, 0) is 64.8 Å². The van der Waals surface area contributed by atoms with Gasteiger partial charge in [0.1, 0.15) is 7.57 Å². The molecular formula is C22H36BN4P. The summed E-state index contributed by atoms with van der Waals surface area (Å²) in [7, 11) is 9.61. The van der Waals surface area contributed by atoms with E-state index < -0.39 is 7.95 Å². The Balaban J connectivity index is 0.000000678. The zero-order chi connectivity index (χ0) is 20.1. The highest BCUT2D eigenvalue weighted by Crippen LogP contribution is 2.39. The van der Waals surface area contributed by atoms with Gasteiger partial charge in [-0.25, -0.2) is 9.98 Å². The first kappa shape index (κ1) is 26.3. The van der Waals surface area contributed by atoms with Gasteiger partial charge in [-0.1, -0.05) is 52.6 Å². The first-order valence-corrected chi connectivity index (χ1v) is 11.2. The van der Waals surface area contributed by atoms with Gasteiger partial charge in [0.25, 0.3) is 0 Å². The first-order valence-electron chi connectivity index (χ1n) is 9.37. The van der Waals surface area contributed by atoms with Crippen LogP contribution in [0.4, 0.5) is 11.5 Å². The van der Waals surface area contributed by atoms with Gasteiger partial charge in [0, 0.05) is 19.0 Å². The van der Waals surface area contributed by atoms with E-state index in [1.807, 2.05) is 25.1 Å². The number of hydrogen-bond acceptors (Lipinski definition) is 4. The molecule has 6 heteroatoms. The molecule has 152 valence electrons. The van der Waals surface area contributed by atoms with Crippen LogP contribution in [-0.4, -0.2) is 57.5 Å². The molecule has 0 amide bonds. The highest BCUT2D eigenvalue weighted by molar-refractivity contribution is 7.82. The Morgan fingerprint density at radius 2 is 1.79 bits per heavy atom. The van der Waals surface area contributed by atoms with Crippen LogP contribution in [0.1, 0.15) is 33.3 Å². The lowest BCUT2D eigenvalue weighted by Crippen LogP contribution is -2.23. The molecule has 0 aliphatic heterocycles. The molecule has 0 N–H and O–H groups in total. The molecule has 1 aromatic heterocycles. The first-order chi connectivity index (χ1) is 13.0. The molecule has 0 saturated carbocycles. The van der Waals surface area contributed by atoms with Crippen molar-refractivity contribution in [2.24, 2.45) is 4.99 Å². The number of aromatic nitrogens is 1. The Kier molecular flexibility index (Phi) is 14.3. The summed E-state index contributed by atoms with van der Waals surface area (Å²) in [6, 6.07) is 14.4. The van der Waals surface area contributed by atoms with Gasteiger partial charge in [0.15, 0.2) is 5.82 Å². The van der Waals surface area contributed by atoms with E-state index >= 15 is 0 Å². The van der Waals surface area contributed by atoms with Gasteiger partial charge in [-0.3, -0.25) is 0 Å². The SMILES string of the molecule is C.CCc1ccccc1.[B]P(C)N(CCCN(C)C)c1cccnc1N=CC. The molecule has 2 rings (SSSR count). The maximum atomic E-state index is 6.15. The second kappa shape index (κ2) is 15.2. The normalized spacial score (nSPS) is 11.5. The van der Waals surface area contributed by atoms with Gasteiger partial charge in [-0.2, -0.15) is 0 Å². The largest absolute Gasteiger partial charge is 0.357 e. The minimum Gasteiger partial charge on any atom is -0.357 e. The lowest BCUT2D eigenvalue weighted by Gasteiger charge is -2.30. The second-order valence-electron chi connectivity index (χ2n) is 6.43. The highest BCUT2D eigenvalue weighted by Gasteiger charge is 2.14. The molecule has 0 fully saturated rings. The number of aryl methyl sites for hydroxylation is 1. The van der Waals surface area contributed by atoms with E-state index in [0.717, 1.165) is 37.4 Å². The predicted octanol–water partition coefficient (Wildman–Crippen LogP) is 5.56. The Bertz CT molecular complexity index is 663. The average Bonchev–Trinajstić information content (AvgIpc) is 2.67. The molecule has 1 heterocycles. The molecule has 0 spiro atoms. The molecule has 4 nitrogen and oxygen atoms in total. The van der Waals surface area contributed by atoms with Crippen molar-refractivity contribution in [2.45, 2.75) is 34.1 Å². The van der Waals surface area contributed by atoms with Gasteiger partial charge in [-0.15, -0.1) is 0 Å². The van der Waals surface area contributed by atoms with E-state index in [4.69, 9.17) is 7.57 Å². The molecule has 28 heavy (non-hydrogen) atoms. The van der Waals surface area contributed by atoms with Crippen LogP contribution < -0.4 is 4.67 Å². The number of hydrogen-bond donors (Lipinski definition) is 0. The summed E-state index contributed by atoms with van der Waals surface area (Å²) in [6.07, 6.45) is 5.73. The fourth-order valence-corrected chi connectivity index (χ4v) is 3.46. The van der Waals surface area contributed by atoms with Crippen LogP contribution in [0.25, 0.3) is 0 Å². The number of aliphatic imine (C=N–C) groups is 1. The summed E-state index contributed by atoms with van der Waals surface area (Å²) < 4.78 is 2.22. The molecule has 0 bridgehead atoms. The predicted molar refractivity (Wildman–Crippen MR) is 130 cm³/mol. The standard InChI is InChI=1S/C13H22BN4P.C8H10.CH4/c1-5-15-13-12(8-6-9-16-13)18(19(4)14)11-7-10-17(2)3;1-2-8-6-4-3-5-7-8;/h5-6,8-9H,7,10-11H2,1-4H3;3-7H,2H2,1H3;1H4. The van der Waals surface area contributed by atoms with Gasteiger partial charge < -0.3 is 9.57 Å². The zero-order valence-electron chi connectivity index (χ0n) is 17.3. The van der Waals surface area contributed by atoms with E-state index in [2.05, 4.69) is 71.5 Å². The van der Waals surface area contributed by atoms with Crippen LogP contribution in [0, 0.1) is 0 Å².